The minimum atomic E-state index is 0.0891. The third-order valence-corrected chi connectivity index (χ3v) is 4.89. The molecule has 1 saturated heterocycles. The summed E-state index contributed by atoms with van der Waals surface area (Å²) in [7, 11) is 0. The van der Waals surface area contributed by atoms with E-state index in [1.165, 1.54) is 17.7 Å². The van der Waals surface area contributed by atoms with Crippen LogP contribution in [0.5, 0.6) is 0 Å². The Hall–Kier alpha value is -0.540. The van der Waals surface area contributed by atoms with E-state index in [2.05, 4.69) is 59.8 Å². The molecule has 0 aromatic heterocycles. The lowest BCUT2D eigenvalue weighted by Gasteiger charge is -2.28. The molecule has 1 aromatic rings. The fourth-order valence-electron chi connectivity index (χ4n) is 2.75. The van der Waals surface area contributed by atoms with Crippen molar-refractivity contribution in [3.63, 3.8) is 0 Å². The fourth-order valence-corrected chi connectivity index (χ4v) is 3.40. The molecule has 1 aliphatic rings. The summed E-state index contributed by atoms with van der Waals surface area (Å²) in [5.74, 6) is 0.771. The van der Waals surface area contributed by atoms with Gasteiger partial charge in [0.15, 0.2) is 0 Å². The van der Waals surface area contributed by atoms with Gasteiger partial charge in [-0.1, -0.05) is 26.8 Å². The van der Waals surface area contributed by atoms with Gasteiger partial charge in [0.05, 0.1) is 5.69 Å². The van der Waals surface area contributed by atoms with E-state index in [4.69, 9.17) is 5.73 Å². The van der Waals surface area contributed by atoms with Crippen molar-refractivity contribution in [2.24, 2.45) is 17.1 Å². The molecule has 106 valence electrons. The Morgan fingerprint density at radius 3 is 2.53 bits per heavy atom. The van der Waals surface area contributed by atoms with Crippen LogP contribution in [-0.2, 0) is 0 Å². The first-order chi connectivity index (χ1) is 8.79. The maximum Gasteiger partial charge on any atom is 0.0510 e. The second kappa shape index (κ2) is 5.45. The molecule has 0 saturated carbocycles. The molecule has 2 nitrogen and oxygen atoms in total. The van der Waals surface area contributed by atoms with E-state index in [1.807, 2.05) is 6.92 Å². The molecule has 2 N–H and O–H groups in total. The molecule has 1 heterocycles. The lowest BCUT2D eigenvalue weighted by atomic mass is 9.80. The van der Waals surface area contributed by atoms with Gasteiger partial charge >= 0.3 is 0 Å². The van der Waals surface area contributed by atoms with Crippen LogP contribution in [0.2, 0.25) is 0 Å². The number of hydrogen-bond donors (Lipinski definition) is 1. The molecule has 0 aliphatic carbocycles. The van der Waals surface area contributed by atoms with Crippen LogP contribution in [-0.4, -0.2) is 13.1 Å². The van der Waals surface area contributed by atoms with Gasteiger partial charge in [0.2, 0.25) is 0 Å². The van der Waals surface area contributed by atoms with Gasteiger partial charge in [-0.3, -0.25) is 0 Å². The van der Waals surface area contributed by atoms with Crippen LogP contribution in [0, 0.1) is 11.3 Å². The molecule has 1 aromatic carbocycles. The van der Waals surface area contributed by atoms with Gasteiger partial charge in [-0.25, -0.2) is 0 Å². The monoisotopic (exact) mass is 324 g/mol. The zero-order chi connectivity index (χ0) is 14.2. The zero-order valence-electron chi connectivity index (χ0n) is 12.4. The summed E-state index contributed by atoms with van der Waals surface area (Å²) in [5.41, 5.74) is 8.81. The van der Waals surface area contributed by atoms with E-state index < -0.39 is 0 Å². The molecule has 2 rings (SSSR count). The lowest BCUT2D eigenvalue weighted by molar-refractivity contribution is 0.263. The van der Waals surface area contributed by atoms with E-state index in [9.17, 15) is 0 Å². The van der Waals surface area contributed by atoms with Gasteiger partial charge in [-0.2, -0.15) is 0 Å². The van der Waals surface area contributed by atoms with Crippen molar-refractivity contribution in [3.8, 4) is 0 Å². The number of nitrogens with zero attached hydrogens (tertiary/aromatic N) is 1. The summed E-state index contributed by atoms with van der Waals surface area (Å²) in [6, 6.07) is 6.60. The Labute approximate surface area is 125 Å². The third-order valence-electron chi connectivity index (χ3n) is 4.25. The molecule has 3 heteroatoms. The summed E-state index contributed by atoms with van der Waals surface area (Å²) < 4.78 is 1.16. The predicted octanol–water partition coefficient (Wildman–Crippen LogP) is 4.34. The number of benzene rings is 1. The van der Waals surface area contributed by atoms with Gasteiger partial charge < -0.3 is 10.6 Å². The molecule has 1 aliphatic heterocycles. The maximum atomic E-state index is 5.93. The Morgan fingerprint density at radius 1 is 1.37 bits per heavy atom. The van der Waals surface area contributed by atoms with Crippen LogP contribution in [0.25, 0.3) is 0 Å². The van der Waals surface area contributed by atoms with Crippen molar-refractivity contribution < 1.29 is 0 Å². The Bertz CT molecular complexity index is 449. The molecule has 0 spiro atoms. The van der Waals surface area contributed by atoms with Gasteiger partial charge in [-0.15, -0.1) is 0 Å². The molecule has 1 fully saturated rings. The molecule has 0 amide bonds. The normalized spacial score (nSPS) is 21.8. The number of nitrogens with two attached hydrogens (primary N) is 1. The van der Waals surface area contributed by atoms with E-state index in [0.717, 1.165) is 23.5 Å². The van der Waals surface area contributed by atoms with Crippen LogP contribution in [0.1, 0.15) is 45.7 Å². The molecular weight excluding hydrogens is 300 g/mol. The van der Waals surface area contributed by atoms with Gasteiger partial charge in [0, 0.05) is 23.6 Å². The minimum Gasteiger partial charge on any atom is -0.370 e. The fraction of sp³-hybridized carbons (Fsp3) is 0.625. The summed E-state index contributed by atoms with van der Waals surface area (Å²) in [6.45, 7) is 11.4. The quantitative estimate of drug-likeness (QED) is 0.876. The first-order valence-corrected chi connectivity index (χ1v) is 7.88. The SMILES string of the molecule is CC(N)c1ccc(N2CCC(C(C)(C)C)C2)c(Br)c1. The molecular formula is C16H25BrN2. The molecule has 0 radical (unpaired) electrons. The first-order valence-electron chi connectivity index (χ1n) is 7.09. The molecule has 2 unspecified atom stereocenters. The Morgan fingerprint density at radius 2 is 2.05 bits per heavy atom. The van der Waals surface area contributed by atoms with Crippen molar-refractivity contribution in [3.05, 3.63) is 28.2 Å². The molecule has 19 heavy (non-hydrogen) atoms. The average molecular weight is 325 g/mol. The summed E-state index contributed by atoms with van der Waals surface area (Å²) in [6.07, 6.45) is 1.28. The van der Waals surface area contributed by atoms with E-state index in [0.29, 0.717) is 5.41 Å². The predicted molar refractivity (Wildman–Crippen MR) is 86.5 cm³/mol. The highest BCUT2D eigenvalue weighted by molar-refractivity contribution is 9.10. The standard InChI is InChI=1S/C16H25BrN2/c1-11(18)12-5-6-15(14(17)9-12)19-8-7-13(10-19)16(2,3)4/h5-6,9,11,13H,7-8,10,18H2,1-4H3. The van der Waals surface area contributed by atoms with Crippen molar-refractivity contribution in [1.29, 1.82) is 0 Å². The zero-order valence-corrected chi connectivity index (χ0v) is 14.0. The topological polar surface area (TPSA) is 29.3 Å². The average Bonchev–Trinajstić information content (AvgIpc) is 2.77. The minimum absolute atomic E-state index is 0.0891. The largest absolute Gasteiger partial charge is 0.370 e. The molecule has 2 atom stereocenters. The van der Waals surface area contributed by atoms with Crippen molar-refractivity contribution in [1.82, 2.24) is 0 Å². The Balaban J connectivity index is 2.16. The maximum absolute atomic E-state index is 5.93. The molecule has 0 bridgehead atoms. The summed E-state index contributed by atoms with van der Waals surface area (Å²) >= 11 is 3.70. The number of halogens is 1. The summed E-state index contributed by atoms with van der Waals surface area (Å²) in [4.78, 5) is 2.49. The van der Waals surface area contributed by atoms with Crippen molar-refractivity contribution in [2.75, 3.05) is 18.0 Å². The number of rotatable bonds is 2. The smallest absolute Gasteiger partial charge is 0.0510 e. The van der Waals surface area contributed by atoms with E-state index in [1.54, 1.807) is 0 Å². The highest BCUT2D eigenvalue weighted by Crippen LogP contribution is 2.38. The highest BCUT2D eigenvalue weighted by atomic mass is 79.9. The second-order valence-corrected chi connectivity index (χ2v) is 7.65. The van der Waals surface area contributed by atoms with Crippen LogP contribution in [0.15, 0.2) is 22.7 Å². The highest BCUT2D eigenvalue weighted by Gasteiger charge is 2.32. The van der Waals surface area contributed by atoms with E-state index >= 15 is 0 Å². The Kier molecular flexibility index (Phi) is 4.26. The van der Waals surface area contributed by atoms with Crippen molar-refractivity contribution >= 4 is 21.6 Å². The van der Waals surface area contributed by atoms with Crippen LogP contribution < -0.4 is 10.6 Å². The first kappa shape index (κ1) is 14.9. The number of anilines is 1. The van der Waals surface area contributed by atoms with Gasteiger partial charge in [0.25, 0.3) is 0 Å². The van der Waals surface area contributed by atoms with Crippen LogP contribution in [0.3, 0.4) is 0 Å². The van der Waals surface area contributed by atoms with Crippen molar-refractivity contribution in [2.45, 2.75) is 40.2 Å². The van der Waals surface area contributed by atoms with E-state index in [-0.39, 0.29) is 6.04 Å². The second-order valence-electron chi connectivity index (χ2n) is 6.80. The lowest BCUT2D eigenvalue weighted by Crippen LogP contribution is -2.26. The van der Waals surface area contributed by atoms with Gasteiger partial charge in [-0.05, 0) is 58.3 Å². The number of hydrogen-bond acceptors (Lipinski definition) is 2. The van der Waals surface area contributed by atoms with Gasteiger partial charge in [0.1, 0.15) is 0 Å². The van der Waals surface area contributed by atoms with Crippen LogP contribution in [0.4, 0.5) is 5.69 Å². The third kappa shape index (κ3) is 3.32. The van der Waals surface area contributed by atoms with Crippen LogP contribution >= 0.6 is 15.9 Å². The summed E-state index contributed by atoms with van der Waals surface area (Å²) in [5, 5.41) is 0.